The lowest BCUT2D eigenvalue weighted by Gasteiger charge is -2.22. The van der Waals surface area contributed by atoms with Gasteiger partial charge in [-0.3, -0.25) is 19.4 Å². The first-order chi connectivity index (χ1) is 23.3. The van der Waals surface area contributed by atoms with Crippen molar-refractivity contribution in [1.29, 1.82) is 0 Å². The van der Waals surface area contributed by atoms with Crippen molar-refractivity contribution in [3.05, 3.63) is 34.9 Å². The van der Waals surface area contributed by atoms with E-state index in [2.05, 4.69) is 31.7 Å². The molecule has 0 aliphatic carbocycles. The van der Waals surface area contributed by atoms with E-state index in [4.69, 9.17) is 20.9 Å². The molecule has 1 aliphatic rings. The number of hydrogen-bond donors (Lipinski definition) is 5. The first-order valence-electron chi connectivity index (χ1n) is 16.3. The first kappa shape index (κ1) is 42.3. The Labute approximate surface area is 299 Å². The molecule has 2 amide bonds. The van der Waals surface area contributed by atoms with E-state index >= 15 is 0 Å². The van der Waals surface area contributed by atoms with Crippen LogP contribution in [0, 0.1) is 20.8 Å². The van der Waals surface area contributed by atoms with Crippen molar-refractivity contribution < 1.29 is 41.8 Å². The zero-order valence-electron chi connectivity index (χ0n) is 30.0. The standard InChI is InChI=1S/C33H52N6O9S2/c1-9-15-47-31(43)26(13-11-16-49-18-24(34)30(42)46-8)38-29(41)25(37-22(5)40)12-10-14-36-32(35)39-50(44,45)28-20(3)19(2)27-23(21(28)4)17-33(6,7)48-27/h9,24-26H,1,10-18,34H2,2-8H3,(H,37,40)(H,38,41)(H3,35,36,39)/t24-,25+,26-/m0/s1. The SMILES string of the molecule is C=CCOC(=O)[C@H](CCCSC[C@H](N)C(=O)OC)NC(=O)[C@@H](CCCN=C(N)NS(=O)(=O)c1c(C)c(C)c2c(c1C)CC(C)(C)O2)NC(C)=O. The molecule has 1 heterocycles. The Morgan fingerprint density at radius 1 is 1.06 bits per heavy atom. The van der Waals surface area contributed by atoms with Gasteiger partial charge in [-0.05, 0) is 82.7 Å². The van der Waals surface area contributed by atoms with E-state index in [0.29, 0.717) is 41.2 Å². The van der Waals surface area contributed by atoms with Crippen LogP contribution >= 0.6 is 11.8 Å². The third kappa shape index (κ3) is 12.2. The number of amides is 2. The fourth-order valence-electron chi connectivity index (χ4n) is 5.46. The normalized spacial score (nSPS) is 15.5. The predicted octanol–water partition coefficient (Wildman–Crippen LogP) is 1.43. The summed E-state index contributed by atoms with van der Waals surface area (Å²) in [6.07, 6.45) is 3.03. The molecule has 0 saturated carbocycles. The molecule has 1 aromatic carbocycles. The number of esters is 2. The van der Waals surface area contributed by atoms with Gasteiger partial charge in [0.1, 0.15) is 36.1 Å². The van der Waals surface area contributed by atoms with Crippen LogP contribution in [0.2, 0.25) is 0 Å². The molecule has 0 aromatic heterocycles. The number of rotatable bonds is 19. The Morgan fingerprint density at radius 3 is 2.34 bits per heavy atom. The number of aliphatic imine (C=N–C) groups is 1. The van der Waals surface area contributed by atoms with Crippen LogP contribution in [0.25, 0.3) is 0 Å². The van der Waals surface area contributed by atoms with Crippen LogP contribution in [0.1, 0.15) is 68.7 Å². The molecule has 0 spiro atoms. The van der Waals surface area contributed by atoms with Crippen LogP contribution < -0.4 is 31.6 Å². The number of fused-ring (bicyclic) bond motifs is 1. The lowest BCUT2D eigenvalue weighted by atomic mass is 9.94. The van der Waals surface area contributed by atoms with Crippen molar-refractivity contribution in [2.75, 3.05) is 31.8 Å². The summed E-state index contributed by atoms with van der Waals surface area (Å²) >= 11 is 1.40. The van der Waals surface area contributed by atoms with Gasteiger partial charge in [-0.1, -0.05) is 12.7 Å². The van der Waals surface area contributed by atoms with E-state index in [1.54, 1.807) is 13.8 Å². The van der Waals surface area contributed by atoms with E-state index in [-0.39, 0.29) is 43.3 Å². The summed E-state index contributed by atoms with van der Waals surface area (Å²) in [5.74, 6) is -1.01. The largest absolute Gasteiger partial charge is 0.487 e. The molecule has 280 valence electrons. The van der Waals surface area contributed by atoms with E-state index in [1.165, 1.54) is 31.9 Å². The highest BCUT2D eigenvalue weighted by molar-refractivity contribution is 7.99. The maximum atomic E-state index is 13.5. The summed E-state index contributed by atoms with van der Waals surface area (Å²) in [7, 11) is -2.84. The molecule has 2 rings (SSSR count). The molecule has 0 saturated heterocycles. The molecule has 0 fully saturated rings. The average molecular weight is 741 g/mol. The number of methoxy groups -OCH3 is 1. The number of guanidine groups is 1. The van der Waals surface area contributed by atoms with Crippen molar-refractivity contribution in [3.8, 4) is 5.75 Å². The minimum atomic E-state index is -4.10. The van der Waals surface area contributed by atoms with Crippen LogP contribution in [-0.2, 0) is 45.1 Å². The number of nitrogens with two attached hydrogens (primary N) is 2. The van der Waals surface area contributed by atoms with Crippen molar-refractivity contribution in [2.24, 2.45) is 16.5 Å². The van der Waals surface area contributed by atoms with Gasteiger partial charge >= 0.3 is 11.9 Å². The molecular formula is C33H52N6O9S2. The second-order valence-corrected chi connectivity index (χ2v) is 15.4. The van der Waals surface area contributed by atoms with E-state index in [1.807, 2.05) is 20.8 Å². The summed E-state index contributed by atoms with van der Waals surface area (Å²) in [5, 5.41) is 5.24. The summed E-state index contributed by atoms with van der Waals surface area (Å²) in [4.78, 5) is 53.7. The number of thioether (sulfide) groups is 1. The van der Waals surface area contributed by atoms with E-state index in [0.717, 1.165) is 11.1 Å². The topological polar surface area (TPSA) is 231 Å². The lowest BCUT2D eigenvalue weighted by Crippen LogP contribution is -2.51. The molecule has 50 heavy (non-hydrogen) atoms. The number of carbonyl (C=O) groups excluding carboxylic acids is 4. The summed E-state index contributed by atoms with van der Waals surface area (Å²) in [6, 6.07) is -2.81. The first-order valence-corrected chi connectivity index (χ1v) is 18.9. The molecular weight excluding hydrogens is 689 g/mol. The Morgan fingerprint density at radius 2 is 1.72 bits per heavy atom. The van der Waals surface area contributed by atoms with Crippen molar-refractivity contribution >= 4 is 51.5 Å². The fourth-order valence-corrected chi connectivity index (χ4v) is 7.91. The maximum Gasteiger partial charge on any atom is 0.328 e. The van der Waals surface area contributed by atoms with Crippen LogP contribution in [0.3, 0.4) is 0 Å². The van der Waals surface area contributed by atoms with Crippen molar-refractivity contribution in [2.45, 2.75) is 102 Å². The number of carbonyl (C=O) groups is 4. The van der Waals surface area contributed by atoms with E-state index in [9.17, 15) is 27.6 Å². The molecule has 15 nitrogen and oxygen atoms in total. The minimum absolute atomic E-state index is 0.0384. The van der Waals surface area contributed by atoms with Gasteiger partial charge in [0.05, 0.1) is 12.0 Å². The predicted molar refractivity (Wildman–Crippen MR) is 192 cm³/mol. The van der Waals surface area contributed by atoms with Gasteiger partial charge in [0, 0.05) is 31.2 Å². The van der Waals surface area contributed by atoms with Crippen LogP contribution in [0.5, 0.6) is 5.75 Å². The van der Waals surface area contributed by atoms with Gasteiger partial charge in [-0.25, -0.2) is 17.9 Å². The quantitative estimate of drug-likeness (QED) is 0.0446. The van der Waals surface area contributed by atoms with Crippen LogP contribution in [0.4, 0.5) is 0 Å². The van der Waals surface area contributed by atoms with Crippen LogP contribution in [-0.4, -0.2) is 93.6 Å². The van der Waals surface area contributed by atoms with Crippen LogP contribution in [0.15, 0.2) is 22.5 Å². The second kappa shape index (κ2) is 19.0. The highest BCUT2D eigenvalue weighted by Crippen LogP contribution is 2.43. The highest BCUT2D eigenvalue weighted by atomic mass is 32.2. The average Bonchev–Trinajstić information content (AvgIpc) is 3.37. The lowest BCUT2D eigenvalue weighted by molar-refractivity contribution is -0.147. The molecule has 0 radical (unpaired) electrons. The number of nitrogens with one attached hydrogen (secondary N) is 3. The van der Waals surface area contributed by atoms with Crippen molar-refractivity contribution in [3.63, 3.8) is 0 Å². The van der Waals surface area contributed by atoms with Gasteiger partial charge in [0.2, 0.25) is 17.8 Å². The highest BCUT2D eigenvalue weighted by Gasteiger charge is 2.37. The van der Waals surface area contributed by atoms with Gasteiger partial charge in [-0.15, -0.1) is 0 Å². The molecule has 3 atom stereocenters. The fraction of sp³-hybridized carbons (Fsp3) is 0.606. The molecule has 0 unspecified atom stereocenters. The Bertz CT molecular complexity index is 1560. The Kier molecular flexibility index (Phi) is 16.1. The zero-order chi connectivity index (χ0) is 37.8. The molecule has 7 N–H and O–H groups in total. The third-order valence-electron chi connectivity index (χ3n) is 7.95. The molecule has 0 bridgehead atoms. The third-order valence-corrected chi connectivity index (χ3v) is 10.8. The Hall–Kier alpha value is -3.83. The number of hydrogen-bond acceptors (Lipinski definition) is 12. The zero-order valence-corrected chi connectivity index (χ0v) is 31.6. The van der Waals surface area contributed by atoms with E-state index < -0.39 is 57.5 Å². The molecule has 1 aromatic rings. The number of ether oxygens (including phenoxy) is 3. The second-order valence-electron chi connectivity index (χ2n) is 12.6. The summed E-state index contributed by atoms with van der Waals surface area (Å²) < 4.78 is 45.2. The smallest absolute Gasteiger partial charge is 0.328 e. The van der Waals surface area contributed by atoms with Gasteiger partial charge < -0.3 is 36.3 Å². The number of benzene rings is 1. The monoisotopic (exact) mass is 740 g/mol. The number of sulfonamides is 1. The maximum absolute atomic E-state index is 13.5. The van der Waals surface area contributed by atoms with Gasteiger partial charge in [0.25, 0.3) is 10.0 Å². The van der Waals surface area contributed by atoms with Gasteiger partial charge in [0.15, 0.2) is 0 Å². The minimum Gasteiger partial charge on any atom is -0.487 e. The Balaban J connectivity index is 2.05. The molecule has 1 aliphatic heterocycles. The van der Waals surface area contributed by atoms with Gasteiger partial charge in [-0.2, -0.15) is 11.8 Å². The number of nitrogens with zero attached hydrogens (tertiary/aromatic N) is 1. The summed E-state index contributed by atoms with van der Waals surface area (Å²) in [6.45, 7) is 14.0. The molecule has 17 heteroatoms. The van der Waals surface area contributed by atoms with Crippen molar-refractivity contribution in [1.82, 2.24) is 15.4 Å². The summed E-state index contributed by atoms with van der Waals surface area (Å²) in [5.41, 5.74) is 14.0.